The van der Waals surface area contributed by atoms with Crippen LogP contribution in [0.2, 0.25) is 0 Å². The topological polar surface area (TPSA) is 67.2 Å². The van der Waals surface area contributed by atoms with Gasteiger partial charge in [0.1, 0.15) is 15.8 Å². The van der Waals surface area contributed by atoms with E-state index in [9.17, 15) is 9.59 Å². The summed E-state index contributed by atoms with van der Waals surface area (Å²) in [6.07, 6.45) is 4.52. The van der Waals surface area contributed by atoms with Gasteiger partial charge < -0.3 is 9.64 Å². The minimum absolute atomic E-state index is 0.186. The molecule has 0 bridgehead atoms. The van der Waals surface area contributed by atoms with E-state index < -0.39 is 0 Å². The number of amides is 1. The van der Waals surface area contributed by atoms with Gasteiger partial charge in [0.25, 0.3) is 11.5 Å². The number of carbonyl (C=O) groups is 1. The highest BCUT2D eigenvalue weighted by Crippen LogP contribution is 2.34. The summed E-state index contributed by atoms with van der Waals surface area (Å²) in [5.74, 6) is 1.44. The number of carbonyl (C=O) groups excluding carboxylic acids is 1. The van der Waals surface area contributed by atoms with Crippen LogP contribution < -0.4 is 10.5 Å². The van der Waals surface area contributed by atoms with Crippen molar-refractivity contribution in [1.29, 1.82) is 0 Å². The van der Waals surface area contributed by atoms with Crippen LogP contribution in [0.25, 0.3) is 11.7 Å². The van der Waals surface area contributed by atoms with Gasteiger partial charge in [0.2, 0.25) is 0 Å². The van der Waals surface area contributed by atoms with Gasteiger partial charge in [-0.2, -0.15) is 0 Å². The Morgan fingerprint density at radius 3 is 2.71 bits per heavy atom. The van der Waals surface area contributed by atoms with Gasteiger partial charge >= 0.3 is 0 Å². The number of ether oxygens (including phenoxy) is 1. The van der Waals surface area contributed by atoms with Gasteiger partial charge in [0.15, 0.2) is 0 Å². The molecule has 2 fully saturated rings. The van der Waals surface area contributed by atoms with Crippen molar-refractivity contribution in [3.05, 3.63) is 45.2 Å². The number of fused-ring (bicyclic) bond motifs is 1. The molecule has 2 aromatic rings. The average Bonchev–Trinajstić information content (AvgIpc) is 3.00. The SMILES string of the molecule is COCCN1C(=O)/C(=C\c2c(N3C[C@H](C)C[C@H](C)C3)nc3ccccn3c2=O)SC1=S. The Labute approximate surface area is 191 Å². The third kappa shape index (κ3) is 4.40. The van der Waals surface area contributed by atoms with E-state index in [-0.39, 0.29) is 11.5 Å². The number of rotatable bonds is 5. The van der Waals surface area contributed by atoms with Crippen LogP contribution in [0.1, 0.15) is 25.8 Å². The van der Waals surface area contributed by atoms with Crippen molar-refractivity contribution >= 4 is 51.7 Å². The van der Waals surface area contributed by atoms with Gasteiger partial charge in [0.05, 0.1) is 23.6 Å². The Balaban J connectivity index is 1.82. The second-order valence-electron chi connectivity index (χ2n) is 8.26. The van der Waals surface area contributed by atoms with E-state index in [1.807, 2.05) is 12.1 Å². The number of nitrogens with zero attached hydrogens (tertiary/aromatic N) is 4. The quantitative estimate of drug-likeness (QED) is 0.504. The van der Waals surface area contributed by atoms with Crippen LogP contribution >= 0.6 is 24.0 Å². The molecule has 9 heteroatoms. The zero-order valence-electron chi connectivity index (χ0n) is 17.9. The molecule has 0 spiro atoms. The second-order valence-corrected chi connectivity index (χ2v) is 9.94. The number of thioether (sulfide) groups is 1. The number of hydrogen-bond acceptors (Lipinski definition) is 7. The van der Waals surface area contributed by atoms with Crippen LogP contribution in [-0.4, -0.2) is 57.9 Å². The van der Waals surface area contributed by atoms with Crippen LogP contribution in [0, 0.1) is 11.8 Å². The van der Waals surface area contributed by atoms with Crippen LogP contribution in [0.5, 0.6) is 0 Å². The first-order valence-electron chi connectivity index (χ1n) is 10.4. The van der Waals surface area contributed by atoms with Crippen LogP contribution in [0.3, 0.4) is 0 Å². The minimum atomic E-state index is -0.198. The maximum absolute atomic E-state index is 13.4. The van der Waals surface area contributed by atoms with Gasteiger partial charge in [-0.15, -0.1) is 0 Å². The van der Waals surface area contributed by atoms with Gasteiger partial charge in [-0.05, 0) is 36.5 Å². The maximum Gasteiger partial charge on any atom is 0.267 e. The molecular formula is C22H26N4O3S2. The molecule has 0 saturated carbocycles. The molecule has 2 saturated heterocycles. The fourth-order valence-electron chi connectivity index (χ4n) is 4.30. The molecule has 0 aliphatic carbocycles. The lowest BCUT2D eigenvalue weighted by Crippen LogP contribution is -2.40. The van der Waals surface area contributed by atoms with Gasteiger partial charge in [-0.1, -0.05) is 43.9 Å². The summed E-state index contributed by atoms with van der Waals surface area (Å²) < 4.78 is 7.09. The largest absolute Gasteiger partial charge is 0.383 e. The Morgan fingerprint density at radius 1 is 1.26 bits per heavy atom. The number of pyridine rings is 1. The van der Waals surface area contributed by atoms with E-state index in [0.29, 0.717) is 51.2 Å². The van der Waals surface area contributed by atoms with E-state index >= 15 is 0 Å². The Morgan fingerprint density at radius 2 is 2.00 bits per heavy atom. The first-order chi connectivity index (χ1) is 14.9. The minimum Gasteiger partial charge on any atom is -0.383 e. The highest BCUT2D eigenvalue weighted by atomic mass is 32.2. The van der Waals surface area contributed by atoms with E-state index in [0.717, 1.165) is 19.5 Å². The second kappa shape index (κ2) is 9.10. The Kier molecular flexibility index (Phi) is 6.45. The predicted molar refractivity (Wildman–Crippen MR) is 128 cm³/mol. The third-order valence-electron chi connectivity index (χ3n) is 5.59. The van der Waals surface area contributed by atoms with Gasteiger partial charge in [-0.3, -0.25) is 18.9 Å². The maximum atomic E-state index is 13.4. The molecule has 1 amide bonds. The molecule has 2 atom stereocenters. The van der Waals surface area contributed by atoms with Crippen molar-refractivity contribution in [2.45, 2.75) is 20.3 Å². The molecule has 0 radical (unpaired) electrons. The van der Waals surface area contributed by atoms with Crippen molar-refractivity contribution in [2.24, 2.45) is 11.8 Å². The first-order valence-corrected chi connectivity index (χ1v) is 11.6. The summed E-state index contributed by atoms with van der Waals surface area (Å²) >= 11 is 6.60. The van der Waals surface area contributed by atoms with Crippen molar-refractivity contribution < 1.29 is 9.53 Å². The summed E-state index contributed by atoms with van der Waals surface area (Å²) in [5, 5.41) is 0. The van der Waals surface area contributed by atoms with Crippen molar-refractivity contribution in [3.8, 4) is 0 Å². The standard InChI is InChI=1S/C22H26N4O3S2/c1-14-10-15(2)13-24(12-14)19-16(20(27)25-7-5-4-6-18(25)23-19)11-17-21(28)26(8-9-29-3)22(30)31-17/h4-7,11,14-15H,8-10,12-13H2,1-3H3/b17-11+/t14-,15+. The lowest BCUT2D eigenvalue weighted by atomic mass is 9.91. The number of aromatic nitrogens is 2. The number of piperidine rings is 1. The molecule has 7 nitrogen and oxygen atoms in total. The molecule has 164 valence electrons. The van der Waals surface area contributed by atoms with Crippen molar-refractivity contribution in [1.82, 2.24) is 14.3 Å². The molecule has 0 aromatic carbocycles. The Bertz CT molecular complexity index is 1100. The molecule has 2 aromatic heterocycles. The van der Waals surface area contributed by atoms with Crippen LogP contribution in [0.15, 0.2) is 34.1 Å². The number of anilines is 1. The number of hydrogen-bond donors (Lipinski definition) is 0. The molecule has 0 unspecified atom stereocenters. The van der Waals surface area contributed by atoms with E-state index in [1.165, 1.54) is 21.1 Å². The zero-order chi connectivity index (χ0) is 22.1. The summed E-state index contributed by atoms with van der Waals surface area (Å²) in [4.78, 5) is 35.4. The highest BCUT2D eigenvalue weighted by Gasteiger charge is 2.33. The summed E-state index contributed by atoms with van der Waals surface area (Å²) in [5.41, 5.74) is 0.837. The third-order valence-corrected chi connectivity index (χ3v) is 6.96. The number of methoxy groups -OCH3 is 1. The summed E-state index contributed by atoms with van der Waals surface area (Å²) in [7, 11) is 1.59. The van der Waals surface area contributed by atoms with Gasteiger partial charge in [0, 0.05) is 26.4 Å². The molecule has 0 N–H and O–H groups in total. The van der Waals surface area contributed by atoms with E-state index in [4.69, 9.17) is 21.9 Å². The fourth-order valence-corrected chi connectivity index (χ4v) is 5.59. The Hall–Kier alpha value is -2.23. The average molecular weight is 459 g/mol. The normalized spacial score (nSPS) is 23.4. The van der Waals surface area contributed by atoms with Gasteiger partial charge in [-0.25, -0.2) is 4.98 Å². The van der Waals surface area contributed by atoms with Crippen LogP contribution in [-0.2, 0) is 9.53 Å². The molecule has 4 heterocycles. The lowest BCUT2D eigenvalue weighted by molar-refractivity contribution is -0.122. The zero-order valence-corrected chi connectivity index (χ0v) is 19.5. The predicted octanol–water partition coefficient (Wildman–Crippen LogP) is 3.02. The van der Waals surface area contributed by atoms with Crippen molar-refractivity contribution in [3.63, 3.8) is 0 Å². The van der Waals surface area contributed by atoms with Crippen LogP contribution in [0.4, 0.5) is 5.82 Å². The molecule has 31 heavy (non-hydrogen) atoms. The van der Waals surface area contributed by atoms with E-state index in [1.54, 1.807) is 25.4 Å². The molecule has 2 aliphatic heterocycles. The number of thiocarbonyl (C=S) groups is 1. The van der Waals surface area contributed by atoms with E-state index in [2.05, 4.69) is 18.7 Å². The summed E-state index contributed by atoms with van der Waals surface area (Å²) in [6, 6.07) is 5.50. The monoisotopic (exact) mass is 458 g/mol. The summed E-state index contributed by atoms with van der Waals surface area (Å²) in [6.45, 7) is 6.88. The lowest BCUT2D eigenvalue weighted by Gasteiger charge is -2.36. The fraction of sp³-hybridized carbons (Fsp3) is 0.455. The smallest absolute Gasteiger partial charge is 0.267 e. The highest BCUT2D eigenvalue weighted by molar-refractivity contribution is 8.26. The first kappa shape index (κ1) is 22.0. The molecule has 2 aliphatic rings. The molecule has 4 rings (SSSR count). The van der Waals surface area contributed by atoms with Crippen molar-refractivity contribution in [2.75, 3.05) is 38.3 Å². The molecular weight excluding hydrogens is 432 g/mol.